The molecule has 0 bridgehead atoms. The Labute approximate surface area is 142 Å². The number of hydrogen-bond donors (Lipinski definition) is 1. The molecular formula is C19H15F3N2O. The average molecular weight is 344 g/mol. The van der Waals surface area contributed by atoms with Crippen LogP contribution in [0.1, 0.15) is 21.5 Å². The fourth-order valence-electron chi connectivity index (χ4n) is 2.43. The van der Waals surface area contributed by atoms with Gasteiger partial charge in [0, 0.05) is 30.2 Å². The number of carbonyl (C=O) groups is 1. The minimum atomic E-state index is -4.39. The number of rotatable bonds is 4. The molecular weight excluding hydrogens is 329 g/mol. The van der Waals surface area contributed by atoms with E-state index in [0.29, 0.717) is 11.1 Å². The van der Waals surface area contributed by atoms with Crippen molar-refractivity contribution in [3.63, 3.8) is 0 Å². The summed E-state index contributed by atoms with van der Waals surface area (Å²) >= 11 is 0. The van der Waals surface area contributed by atoms with Crippen LogP contribution in [0, 0.1) is 0 Å². The second-order valence-electron chi connectivity index (χ2n) is 5.52. The molecule has 6 heteroatoms. The van der Waals surface area contributed by atoms with Crippen LogP contribution in [0.4, 0.5) is 13.2 Å². The molecule has 3 rings (SSSR count). The largest absolute Gasteiger partial charge is 0.416 e. The molecule has 128 valence electrons. The molecule has 0 spiro atoms. The van der Waals surface area contributed by atoms with Gasteiger partial charge in [-0.1, -0.05) is 12.1 Å². The molecule has 2 aromatic carbocycles. The molecule has 0 atom stereocenters. The molecule has 1 N–H and O–H groups in total. The van der Waals surface area contributed by atoms with Crippen molar-refractivity contribution in [1.82, 2.24) is 9.88 Å². The van der Waals surface area contributed by atoms with Gasteiger partial charge in [-0.25, -0.2) is 0 Å². The molecule has 3 nitrogen and oxygen atoms in total. The summed E-state index contributed by atoms with van der Waals surface area (Å²) < 4.78 is 40.0. The number of hydrogen-bond acceptors (Lipinski definition) is 1. The summed E-state index contributed by atoms with van der Waals surface area (Å²) in [6.45, 7) is 0.0299. The van der Waals surface area contributed by atoms with Crippen molar-refractivity contribution in [1.29, 1.82) is 0 Å². The first-order chi connectivity index (χ1) is 11.9. The fourth-order valence-corrected chi connectivity index (χ4v) is 2.43. The Bertz CT molecular complexity index is 853. The SMILES string of the molecule is O=C(NCc1cccc(C(F)(F)F)c1)c1ccc(-n2cccc2)cc1. The summed E-state index contributed by atoms with van der Waals surface area (Å²) in [7, 11) is 0. The summed E-state index contributed by atoms with van der Waals surface area (Å²) in [5, 5.41) is 2.64. The fraction of sp³-hybridized carbons (Fsp3) is 0.105. The number of amides is 1. The van der Waals surface area contributed by atoms with Crippen molar-refractivity contribution in [2.75, 3.05) is 0 Å². The molecule has 1 aromatic heterocycles. The van der Waals surface area contributed by atoms with Crippen LogP contribution in [0.25, 0.3) is 5.69 Å². The van der Waals surface area contributed by atoms with E-state index in [1.54, 1.807) is 30.3 Å². The van der Waals surface area contributed by atoms with Gasteiger partial charge in [0.1, 0.15) is 0 Å². The van der Waals surface area contributed by atoms with E-state index in [9.17, 15) is 18.0 Å². The first-order valence-corrected chi connectivity index (χ1v) is 7.61. The highest BCUT2D eigenvalue weighted by Crippen LogP contribution is 2.29. The van der Waals surface area contributed by atoms with E-state index >= 15 is 0 Å². The maximum absolute atomic E-state index is 12.7. The molecule has 0 fully saturated rings. The third-order valence-electron chi connectivity index (χ3n) is 3.74. The minimum Gasteiger partial charge on any atom is -0.348 e. The summed E-state index contributed by atoms with van der Waals surface area (Å²) in [5.74, 6) is -0.337. The summed E-state index contributed by atoms with van der Waals surface area (Å²) in [6.07, 6.45) is -0.611. The molecule has 25 heavy (non-hydrogen) atoms. The van der Waals surface area contributed by atoms with Gasteiger partial charge in [0.2, 0.25) is 0 Å². The van der Waals surface area contributed by atoms with Crippen LogP contribution in [-0.2, 0) is 12.7 Å². The second-order valence-corrected chi connectivity index (χ2v) is 5.52. The predicted octanol–water partition coefficient (Wildman–Crippen LogP) is 4.43. The zero-order valence-corrected chi connectivity index (χ0v) is 13.1. The first kappa shape index (κ1) is 16.8. The van der Waals surface area contributed by atoms with Crippen LogP contribution in [-0.4, -0.2) is 10.5 Å². The predicted molar refractivity (Wildman–Crippen MR) is 88.4 cm³/mol. The van der Waals surface area contributed by atoms with Gasteiger partial charge in [0.25, 0.3) is 5.91 Å². The molecule has 3 aromatic rings. The Morgan fingerprint density at radius 1 is 0.960 bits per heavy atom. The van der Waals surface area contributed by atoms with Crippen LogP contribution in [0.15, 0.2) is 73.1 Å². The van der Waals surface area contributed by atoms with Gasteiger partial charge in [-0.3, -0.25) is 4.79 Å². The lowest BCUT2D eigenvalue weighted by Gasteiger charge is -2.10. The van der Waals surface area contributed by atoms with Crippen LogP contribution < -0.4 is 5.32 Å². The van der Waals surface area contributed by atoms with Crippen LogP contribution in [0.3, 0.4) is 0 Å². The smallest absolute Gasteiger partial charge is 0.348 e. The minimum absolute atomic E-state index is 0.0299. The maximum Gasteiger partial charge on any atom is 0.416 e. The van der Waals surface area contributed by atoms with Crippen molar-refractivity contribution in [3.8, 4) is 5.69 Å². The lowest BCUT2D eigenvalue weighted by molar-refractivity contribution is -0.137. The van der Waals surface area contributed by atoms with Crippen molar-refractivity contribution in [2.24, 2.45) is 0 Å². The van der Waals surface area contributed by atoms with E-state index < -0.39 is 11.7 Å². The van der Waals surface area contributed by atoms with Gasteiger partial charge in [0.05, 0.1) is 5.56 Å². The van der Waals surface area contributed by atoms with Crippen LogP contribution in [0.5, 0.6) is 0 Å². The number of halogens is 3. The highest BCUT2D eigenvalue weighted by atomic mass is 19.4. The van der Waals surface area contributed by atoms with E-state index in [2.05, 4.69) is 5.32 Å². The number of carbonyl (C=O) groups excluding carboxylic acids is 1. The van der Waals surface area contributed by atoms with Crippen molar-refractivity contribution >= 4 is 5.91 Å². The zero-order chi connectivity index (χ0) is 17.9. The quantitative estimate of drug-likeness (QED) is 0.747. The van der Waals surface area contributed by atoms with Gasteiger partial charge in [-0.2, -0.15) is 13.2 Å². The molecule has 0 saturated heterocycles. The van der Waals surface area contributed by atoms with Crippen molar-refractivity contribution in [3.05, 3.63) is 89.7 Å². The van der Waals surface area contributed by atoms with Gasteiger partial charge < -0.3 is 9.88 Å². The van der Waals surface area contributed by atoms with Crippen LogP contribution in [0.2, 0.25) is 0 Å². The van der Waals surface area contributed by atoms with E-state index in [0.717, 1.165) is 17.8 Å². The van der Waals surface area contributed by atoms with E-state index in [-0.39, 0.29) is 12.5 Å². The monoisotopic (exact) mass is 344 g/mol. The number of benzene rings is 2. The number of aromatic nitrogens is 1. The lowest BCUT2D eigenvalue weighted by atomic mass is 10.1. The number of alkyl halides is 3. The zero-order valence-electron chi connectivity index (χ0n) is 13.1. The van der Waals surface area contributed by atoms with Crippen molar-refractivity contribution in [2.45, 2.75) is 12.7 Å². The number of nitrogens with one attached hydrogen (secondary N) is 1. The van der Waals surface area contributed by atoms with Crippen LogP contribution >= 0.6 is 0 Å². The lowest BCUT2D eigenvalue weighted by Crippen LogP contribution is -2.23. The summed E-state index contributed by atoms with van der Waals surface area (Å²) in [6, 6.07) is 15.7. The molecule has 0 aliphatic heterocycles. The third kappa shape index (κ3) is 4.09. The molecule has 0 saturated carbocycles. The van der Waals surface area contributed by atoms with Gasteiger partial charge >= 0.3 is 6.18 Å². The Balaban J connectivity index is 1.65. The average Bonchev–Trinajstić information content (AvgIpc) is 3.14. The van der Waals surface area contributed by atoms with Gasteiger partial charge in [0.15, 0.2) is 0 Å². The Morgan fingerprint density at radius 3 is 2.28 bits per heavy atom. The van der Waals surface area contributed by atoms with E-state index in [1.165, 1.54) is 6.07 Å². The Hall–Kier alpha value is -3.02. The topological polar surface area (TPSA) is 34.0 Å². The van der Waals surface area contributed by atoms with E-state index in [4.69, 9.17) is 0 Å². The number of nitrogens with zero attached hydrogens (tertiary/aromatic N) is 1. The molecule has 0 aliphatic rings. The normalized spacial score (nSPS) is 11.3. The summed E-state index contributed by atoms with van der Waals surface area (Å²) in [4.78, 5) is 12.2. The molecule has 0 radical (unpaired) electrons. The molecule has 1 amide bonds. The van der Waals surface area contributed by atoms with Crippen molar-refractivity contribution < 1.29 is 18.0 Å². The highest BCUT2D eigenvalue weighted by Gasteiger charge is 2.30. The Kier molecular flexibility index (Phi) is 4.61. The Morgan fingerprint density at radius 2 is 1.64 bits per heavy atom. The highest BCUT2D eigenvalue weighted by molar-refractivity contribution is 5.94. The molecule has 1 heterocycles. The molecule has 0 unspecified atom stereocenters. The molecule has 0 aliphatic carbocycles. The standard InChI is InChI=1S/C19H15F3N2O/c20-19(21,22)16-5-3-4-14(12-16)13-23-18(25)15-6-8-17(9-7-15)24-10-1-2-11-24/h1-12H,13H2,(H,23,25). The maximum atomic E-state index is 12.7. The van der Waals surface area contributed by atoms with Gasteiger partial charge in [-0.15, -0.1) is 0 Å². The third-order valence-corrected chi connectivity index (χ3v) is 3.74. The second kappa shape index (κ2) is 6.84. The summed E-state index contributed by atoms with van der Waals surface area (Å²) in [5.41, 5.74) is 1.03. The van der Waals surface area contributed by atoms with Gasteiger partial charge in [-0.05, 0) is 54.1 Å². The first-order valence-electron chi connectivity index (χ1n) is 7.61. The van der Waals surface area contributed by atoms with E-state index in [1.807, 2.05) is 29.1 Å².